The van der Waals surface area contributed by atoms with Crippen molar-refractivity contribution in [2.24, 2.45) is 0 Å². The third-order valence-electron chi connectivity index (χ3n) is 4.18. The number of benzene rings is 1. The fourth-order valence-corrected chi connectivity index (χ4v) is 4.84. The highest BCUT2D eigenvalue weighted by Crippen LogP contribution is 2.48. The molecule has 0 amide bonds. The second-order valence-corrected chi connectivity index (χ2v) is 8.58. The third-order valence-corrected chi connectivity index (χ3v) is 6.51. The van der Waals surface area contributed by atoms with Gasteiger partial charge in [-0.25, -0.2) is 4.98 Å². The van der Waals surface area contributed by atoms with Crippen molar-refractivity contribution in [3.63, 3.8) is 0 Å². The Bertz CT molecular complexity index is 1000. The van der Waals surface area contributed by atoms with Gasteiger partial charge in [-0.1, -0.05) is 0 Å². The molecule has 0 fully saturated rings. The monoisotopic (exact) mass is 426 g/mol. The van der Waals surface area contributed by atoms with Crippen LogP contribution in [0.1, 0.15) is 20.3 Å². The predicted molar refractivity (Wildman–Crippen MR) is 112 cm³/mol. The molecule has 0 saturated carbocycles. The maximum atomic E-state index is 12.5. The highest BCUT2D eigenvalue weighted by molar-refractivity contribution is 7.53. The fourth-order valence-electron chi connectivity index (χ4n) is 3.00. The summed E-state index contributed by atoms with van der Waals surface area (Å²) in [4.78, 5) is 12.0. The van der Waals surface area contributed by atoms with E-state index in [1.54, 1.807) is 21.0 Å². The molecule has 152 valence electrons. The van der Waals surface area contributed by atoms with Crippen LogP contribution >= 0.6 is 19.2 Å². The molecule has 3 rings (SSSR count). The number of hydrogen-bond acceptors (Lipinski definition) is 7. The van der Waals surface area contributed by atoms with E-state index in [0.29, 0.717) is 43.7 Å². The third kappa shape index (κ3) is 4.58. The molecule has 0 aliphatic carbocycles. The zero-order valence-electron chi connectivity index (χ0n) is 16.1. The number of aromatic nitrogens is 3. The molecule has 0 saturated heterocycles. The predicted octanol–water partition coefficient (Wildman–Crippen LogP) is 4.84. The number of nitrogens with zero attached hydrogens (tertiary/aromatic N) is 2. The van der Waals surface area contributed by atoms with Crippen LogP contribution < -0.4 is 10.1 Å². The average molecular weight is 427 g/mol. The first-order chi connectivity index (χ1) is 13.5. The molecule has 0 radical (unpaired) electrons. The number of methoxy groups -OCH3 is 1. The number of nitrogens with one attached hydrogen (secondary N) is 2. The summed E-state index contributed by atoms with van der Waals surface area (Å²) in [7, 11) is -1.43. The molecule has 0 aliphatic rings. The second kappa shape index (κ2) is 9.09. The number of halogens is 1. The quantitative estimate of drug-likeness (QED) is 0.272. The van der Waals surface area contributed by atoms with Gasteiger partial charge in [0.1, 0.15) is 16.8 Å². The highest BCUT2D eigenvalue weighted by atomic mass is 35.5. The Morgan fingerprint density at radius 3 is 2.64 bits per heavy atom. The molecule has 8 nitrogen and oxygen atoms in total. The summed E-state index contributed by atoms with van der Waals surface area (Å²) < 4.78 is 28.5. The number of anilines is 1. The lowest BCUT2D eigenvalue weighted by molar-refractivity contribution is 0.220. The topological polar surface area (TPSA) is 98.4 Å². The van der Waals surface area contributed by atoms with E-state index in [1.807, 2.05) is 18.2 Å². The van der Waals surface area contributed by atoms with Crippen LogP contribution in [-0.4, -0.2) is 48.0 Å². The molecule has 2 N–H and O–H groups in total. The lowest BCUT2D eigenvalue weighted by Gasteiger charge is -2.17. The van der Waals surface area contributed by atoms with Crippen LogP contribution in [0.3, 0.4) is 0 Å². The summed E-state index contributed by atoms with van der Waals surface area (Å²) in [5.41, 5.74) is 2.38. The van der Waals surface area contributed by atoms with E-state index in [-0.39, 0.29) is 5.28 Å². The summed E-state index contributed by atoms with van der Waals surface area (Å²) in [6, 6.07) is 5.70. The van der Waals surface area contributed by atoms with Gasteiger partial charge in [-0.15, -0.1) is 0 Å². The van der Waals surface area contributed by atoms with E-state index < -0.39 is 7.60 Å². The average Bonchev–Trinajstić information content (AvgIpc) is 3.03. The maximum Gasteiger partial charge on any atom is 0.330 e. The lowest BCUT2D eigenvalue weighted by atomic mass is 10.2. The first-order valence-corrected chi connectivity index (χ1v) is 11.2. The number of fused-ring (bicyclic) bond motifs is 3. The number of H-pyrrole nitrogens is 1. The molecular formula is C18H24ClN4O4P. The summed E-state index contributed by atoms with van der Waals surface area (Å²) in [5.74, 6) is 1.33. The fraction of sp³-hybridized carbons (Fsp3) is 0.444. The van der Waals surface area contributed by atoms with Crippen molar-refractivity contribution in [2.75, 3.05) is 38.3 Å². The Labute approximate surface area is 168 Å². The molecule has 10 heteroatoms. The van der Waals surface area contributed by atoms with Crippen molar-refractivity contribution < 1.29 is 18.3 Å². The van der Waals surface area contributed by atoms with Gasteiger partial charge in [-0.2, -0.15) is 4.98 Å². The van der Waals surface area contributed by atoms with E-state index in [4.69, 9.17) is 25.4 Å². The summed E-state index contributed by atoms with van der Waals surface area (Å²) in [6.45, 7) is 4.84. The molecule has 1 aromatic carbocycles. The van der Waals surface area contributed by atoms with Crippen molar-refractivity contribution in [2.45, 2.75) is 20.3 Å². The minimum Gasteiger partial charge on any atom is -0.497 e. The van der Waals surface area contributed by atoms with Crippen LogP contribution in [0, 0.1) is 0 Å². The van der Waals surface area contributed by atoms with Crippen molar-refractivity contribution in [3.8, 4) is 5.75 Å². The molecular weight excluding hydrogens is 403 g/mol. The van der Waals surface area contributed by atoms with Crippen LogP contribution in [-0.2, 0) is 13.6 Å². The molecule has 2 heterocycles. The van der Waals surface area contributed by atoms with Crippen LogP contribution in [0.15, 0.2) is 18.2 Å². The van der Waals surface area contributed by atoms with Crippen molar-refractivity contribution in [1.29, 1.82) is 0 Å². The van der Waals surface area contributed by atoms with Gasteiger partial charge < -0.3 is 24.1 Å². The molecule has 3 aromatic rings. The number of rotatable bonds is 10. The SMILES string of the molecule is CCOP(=O)(CCCNc1nc(Cl)nc2c1[nH]c1ccc(OC)cc12)OCC. The van der Waals surface area contributed by atoms with E-state index in [2.05, 4.69) is 20.3 Å². The summed E-state index contributed by atoms with van der Waals surface area (Å²) in [6.07, 6.45) is 0.919. The largest absolute Gasteiger partial charge is 0.497 e. The standard InChI is InChI=1S/C18H24ClN4O4P/c1-4-26-28(24,27-5-2)10-6-9-20-17-16-15(22-18(19)23-17)13-11-12(25-3)7-8-14(13)21-16/h7-8,11,21H,4-6,9-10H2,1-3H3,(H,20,22,23). The molecule has 28 heavy (non-hydrogen) atoms. The van der Waals surface area contributed by atoms with Crippen molar-refractivity contribution >= 4 is 47.0 Å². The van der Waals surface area contributed by atoms with Crippen LogP contribution in [0.4, 0.5) is 5.82 Å². The normalized spacial score (nSPS) is 12.0. The van der Waals surface area contributed by atoms with Crippen LogP contribution in [0.2, 0.25) is 5.28 Å². The highest BCUT2D eigenvalue weighted by Gasteiger charge is 2.22. The van der Waals surface area contributed by atoms with Gasteiger partial charge in [0, 0.05) is 17.4 Å². The van der Waals surface area contributed by atoms with Gasteiger partial charge in [0.05, 0.1) is 26.5 Å². The zero-order valence-corrected chi connectivity index (χ0v) is 17.8. The van der Waals surface area contributed by atoms with Gasteiger partial charge in [-0.05, 0) is 50.1 Å². The maximum absolute atomic E-state index is 12.5. The van der Waals surface area contributed by atoms with E-state index >= 15 is 0 Å². The minimum absolute atomic E-state index is 0.146. The van der Waals surface area contributed by atoms with E-state index in [1.165, 1.54) is 0 Å². The van der Waals surface area contributed by atoms with Crippen LogP contribution in [0.5, 0.6) is 5.75 Å². The number of aromatic amines is 1. The zero-order chi connectivity index (χ0) is 20.1. The second-order valence-electron chi connectivity index (χ2n) is 6.05. The lowest BCUT2D eigenvalue weighted by Crippen LogP contribution is -2.08. The minimum atomic E-state index is -3.05. The Morgan fingerprint density at radius 2 is 1.96 bits per heavy atom. The number of hydrogen-bond donors (Lipinski definition) is 2. The van der Waals surface area contributed by atoms with Gasteiger partial charge in [-0.3, -0.25) is 4.57 Å². The molecule has 0 atom stereocenters. The van der Waals surface area contributed by atoms with E-state index in [0.717, 1.165) is 22.2 Å². The molecule has 0 bridgehead atoms. The van der Waals surface area contributed by atoms with Crippen LogP contribution in [0.25, 0.3) is 21.9 Å². The Balaban J connectivity index is 1.79. The first kappa shape index (κ1) is 20.9. The Hall–Kier alpha value is -1.86. The summed E-state index contributed by atoms with van der Waals surface area (Å²) in [5, 5.41) is 4.29. The van der Waals surface area contributed by atoms with E-state index in [9.17, 15) is 4.57 Å². The van der Waals surface area contributed by atoms with Crippen molar-refractivity contribution in [3.05, 3.63) is 23.5 Å². The number of ether oxygens (including phenoxy) is 1. The molecule has 0 unspecified atom stereocenters. The van der Waals surface area contributed by atoms with Gasteiger partial charge >= 0.3 is 7.60 Å². The summed E-state index contributed by atoms with van der Waals surface area (Å²) >= 11 is 6.13. The molecule has 0 spiro atoms. The molecule has 0 aliphatic heterocycles. The Morgan fingerprint density at radius 1 is 1.21 bits per heavy atom. The Kier molecular flexibility index (Phi) is 6.78. The molecule has 2 aromatic heterocycles. The smallest absolute Gasteiger partial charge is 0.330 e. The van der Waals surface area contributed by atoms with Gasteiger partial charge in [0.15, 0.2) is 5.82 Å². The first-order valence-electron chi connectivity index (χ1n) is 9.14. The van der Waals surface area contributed by atoms with Gasteiger partial charge in [0.2, 0.25) is 5.28 Å². The van der Waals surface area contributed by atoms with Gasteiger partial charge in [0.25, 0.3) is 0 Å². The van der Waals surface area contributed by atoms with Crippen molar-refractivity contribution in [1.82, 2.24) is 15.0 Å².